The second kappa shape index (κ2) is 5.10. The SMILES string of the molecule is CC(=O)N[C@H]1c2ccccc2CSc2ccccc21. The van der Waals surface area contributed by atoms with Crippen molar-refractivity contribution < 1.29 is 4.79 Å². The first-order chi connectivity index (χ1) is 9.25. The van der Waals surface area contributed by atoms with Crippen LogP contribution in [0.25, 0.3) is 0 Å². The molecule has 3 heteroatoms. The third-order valence-electron chi connectivity index (χ3n) is 3.33. The molecule has 0 fully saturated rings. The van der Waals surface area contributed by atoms with Crippen molar-refractivity contribution >= 4 is 17.7 Å². The zero-order chi connectivity index (χ0) is 13.2. The van der Waals surface area contributed by atoms with E-state index in [2.05, 4.69) is 35.6 Å². The fourth-order valence-electron chi connectivity index (χ4n) is 2.48. The van der Waals surface area contributed by atoms with Gasteiger partial charge in [0, 0.05) is 17.6 Å². The summed E-state index contributed by atoms with van der Waals surface area (Å²) in [7, 11) is 0. The standard InChI is InChI=1S/C16H15NOS/c1-11(18)17-16-13-7-3-2-6-12(13)10-19-15-9-5-4-8-14(15)16/h2-9,16H,10H2,1H3,(H,17,18)/t16-/m0/s1. The summed E-state index contributed by atoms with van der Waals surface area (Å²) in [6.45, 7) is 1.57. The Morgan fingerprint density at radius 1 is 1.11 bits per heavy atom. The Bertz CT molecular complexity index is 576. The van der Waals surface area contributed by atoms with Gasteiger partial charge in [0.15, 0.2) is 0 Å². The van der Waals surface area contributed by atoms with E-state index in [1.54, 1.807) is 6.92 Å². The highest BCUT2D eigenvalue weighted by molar-refractivity contribution is 7.98. The van der Waals surface area contributed by atoms with Crippen LogP contribution < -0.4 is 5.32 Å². The van der Waals surface area contributed by atoms with Crippen molar-refractivity contribution in [2.45, 2.75) is 23.6 Å². The van der Waals surface area contributed by atoms with E-state index in [0.29, 0.717) is 0 Å². The van der Waals surface area contributed by atoms with E-state index >= 15 is 0 Å². The molecule has 1 aliphatic heterocycles. The van der Waals surface area contributed by atoms with E-state index in [1.807, 2.05) is 30.0 Å². The Labute approximate surface area is 117 Å². The van der Waals surface area contributed by atoms with Gasteiger partial charge < -0.3 is 5.32 Å². The van der Waals surface area contributed by atoms with Crippen molar-refractivity contribution in [3.8, 4) is 0 Å². The van der Waals surface area contributed by atoms with Gasteiger partial charge in [0.05, 0.1) is 6.04 Å². The summed E-state index contributed by atoms with van der Waals surface area (Å²) < 4.78 is 0. The van der Waals surface area contributed by atoms with Crippen LogP contribution in [0.2, 0.25) is 0 Å². The minimum atomic E-state index is -0.0418. The van der Waals surface area contributed by atoms with Gasteiger partial charge in [-0.05, 0) is 22.8 Å². The van der Waals surface area contributed by atoms with Crippen LogP contribution in [0.5, 0.6) is 0 Å². The molecule has 0 bridgehead atoms. The van der Waals surface area contributed by atoms with Crippen molar-refractivity contribution in [2.75, 3.05) is 0 Å². The summed E-state index contributed by atoms with van der Waals surface area (Å²) in [6, 6.07) is 16.6. The summed E-state index contributed by atoms with van der Waals surface area (Å²) in [4.78, 5) is 12.8. The Balaban J connectivity index is 2.16. The minimum absolute atomic E-state index is 0.00139. The molecule has 1 N–H and O–H groups in total. The van der Waals surface area contributed by atoms with Crippen molar-refractivity contribution in [1.82, 2.24) is 5.32 Å². The summed E-state index contributed by atoms with van der Waals surface area (Å²) in [6.07, 6.45) is 0. The summed E-state index contributed by atoms with van der Waals surface area (Å²) in [5.74, 6) is 0.949. The summed E-state index contributed by atoms with van der Waals surface area (Å²) >= 11 is 1.83. The fraction of sp³-hybridized carbons (Fsp3) is 0.188. The molecule has 3 rings (SSSR count). The molecule has 1 heterocycles. The normalized spacial score (nSPS) is 17.0. The number of fused-ring (bicyclic) bond motifs is 2. The van der Waals surface area contributed by atoms with Gasteiger partial charge in [0.25, 0.3) is 0 Å². The largest absolute Gasteiger partial charge is 0.345 e. The average molecular weight is 269 g/mol. The molecule has 1 aliphatic rings. The highest BCUT2D eigenvalue weighted by Crippen LogP contribution is 2.39. The van der Waals surface area contributed by atoms with Crippen molar-refractivity contribution in [2.24, 2.45) is 0 Å². The zero-order valence-electron chi connectivity index (χ0n) is 10.7. The van der Waals surface area contributed by atoms with Gasteiger partial charge in [0.1, 0.15) is 0 Å². The molecule has 2 aromatic carbocycles. The lowest BCUT2D eigenvalue weighted by atomic mass is 9.95. The van der Waals surface area contributed by atoms with Crippen LogP contribution >= 0.6 is 11.8 Å². The lowest BCUT2D eigenvalue weighted by molar-refractivity contribution is -0.119. The van der Waals surface area contributed by atoms with E-state index in [-0.39, 0.29) is 11.9 Å². The highest BCUT2D eigenvalue weighted by atomic mass is 32.2. The molecule has 1 atom stereocenters. The zero-order valence-corrected chi connectivity index (χ0v) is 11.5. The average Bonchev–Trinajstić information content (AvgIpc) is 2.57. The maximum atomic E-state index is 11.5. The molecule has 19 heavy (non-hydrogen) atoms. The van der Waals surface area contributed by atoms with Crippen molar-refractivity contribution in [3.63, 3.8) is 0 Å². The Kier molecular flexibility index (Phi) is 3.30. The minimum Gasteiger partial charge on any atom is -0.345 e. The van der Waals surface area contributed by atoms with Crippen LogP contribution in [0.3, 0.4) is 0 Å². The van der Waals surface area contributed by atoms with E-state index in [0.717, 1.165) is 5.75 Å². The molecular weight excluding hydrogens is 254 g/mol. The molecule has 0 aromatic heterocycles. The fourth-order valence-corrected chi connectivity index (χ4v) is 3.58. The molecule has 2 aromatic rings. The van der Waals surface area contributed by atoms with Crippen molar-refractivity contribution in [3.05, 3.63) is 65.2 Å². The Morgan fingerprint density at radius 2 is 1.79 bits per heavy atom. The molecule has 96 valence electrons. The first-order valence-electron chi connectivity index (χ1n) is 6.32. The van der Waals surface area contributed by atoms with Gasteiger partial charge in [-0.15, -0.1) is 11.8 Å². The summed E-state index contributed by atoms with van der Waals surface area (Å²) in [5, 5.41) is 3.08. The van der Waals surface area contributed by atoms with Crippen LogP contribution in [0, 0.1) is 0 Å². The monoisotopic (exact) mass is 269 g/mol. The van der Waals surface area contributed by atoms with Gasteiger partial charge in [-0.3, -0.25) is 4.79 Å². The molecule has 0 spiro atoms. The first-order valence-corrected chi connectivity index (χ1v) is 7.31. The maximum absolute atomic E-state index is 11.5. The third-order valence-corrected chi connectivity index (χ3v) is 4.47. The van der Waals surface area contributed by atoms with Gasteiger partial charge in [-0.2, -0.15) is 0 Å². The quantitative estimate of drug-likeness (QED) is 0.858. The van der Waals surface area contributed by atoms with Gasteiger partial charge in [-0.25, -0.2) is 0 Å². The number of carbonyl (C=O) groups is 1. The molecule has 0 saturated heterocycles. The third kappa shape index (κ3) is 2.38. The van der Waals surface area contributed by atoms with E-state index in [1.165, 1.54) is 21.6 Å². The highest BCUT2D eigenvalue weighted by Gasteiger charge is 2.23. The molecule has 0 saturated carbocycles. The van der Waals surface area contributed by atoms with Crippen LogP contribution in [0.1, 0.15) is 29.7 Å². The smallest absolute Gasteiger partial charge is 0.217 e. The van der Waals surface area contributed by atoms with Crippen LogP contribution in [0.15, 0.2) is 53.4 Å². The van der Waals surface area contributed by atoms with E-state index in [4.69, 9.17) is 0 Å². The van der Waals surface area contributed by atoms with Gasteiger partial charge >= 0.3 is 0 Å². The lowest BCUT2D eigenvalue weighted by Gasteiger charge is -2.20. The van der Waals surface area contributed by atoms with E-state index < -0.39 is 0 Å². The van der Waals surface area contributed by atoms with Gasteiger partial charge in [0.2, 0.25) is 5.91 Å². The first kappa shape index (κ1) is 12.3. The Morgan fingerprint density at radius 3 is 2.58 bits per heavy atom. The Hall–Kier alpha value is -1.74. The number of nitrogens with one attached hydrogen (secondary N) is 1. The maximum Gasteiger partial charge on any atom is 0.217 e. The van der Waals surface area contributed by atoms with Crippen LogP contribution in [-0.4, -0.2) is 5.91 Å². The topological polar surface area (TPSA) is 29.1 Å². The van der Waals surface area contributed by atoms with Gasteiger partial charge in [-0.1, -0.05) is 42.5 Å². The second-order valence-electron chi connectivity index (χ2n) is 4.66. The molecule has 1 amide bonds. The van der Waals surface area contributed by atoms with Crippen LogP contribution in [-0.2, 0) is 10.5 Å². The number of rotatable bonds is 1. The van der Waals surface area contributed by atoms with E-state index in [9.17, 15) is 4.79 Å². The number of benzene rings is 2. The molecular formula is C16H15NOS. The molecule has 0 radical (unpaired) electrons. The van der Waals surface area contributed by atoms with Crippen LogP contribution in [0.4, 0.5) is 0 Å². The predicted octanol–water partition coefficient (Wildman–Crippen LogP) is 3.52. The lowest BCUT2D eigenvalue weighted by Crippen LogP contribution is -2.27. The number of amides is 1. The predicted molar refractivity (Wildman–Crippen MR) is 78.1 cm³/mol. The molecule has 0 unspecified atom stereocenters. The molecule has 0 aliphatic carbocycles. The van der Waals surface area contributed by atoms with Crippen molar-refractivity contribution in [1.29, 1.82) is 0 Å². The number of hydrogen-bond donors (Lipinski definition) is 1. The number of carbonyl (C=O) groups excluding carboxylic acids is 1. The summed E-state index contributed by atoms with van der Waals surface area (Å²) in [5.41, 5.74) is 3.69. The number of thioether (sulfide) groups is 1. The molecule has 2 nitrogen and oxygen atoms in total. The second-order valence-corrected chi connectivity index (χ2v) is 5.68. The number of hydrogen-bond acceptors (Lipinski definition) is 2.